The molecule has 1 aromatic carbocycles. The molecule has 34 heavy (non-hydrogen) atoms. The van der Waals surface area contributed by atoms with Gasteiger partial charge in [-0.05, 0) is 31.2 Å². The maximum Gasteiger partial charge on any atom is 0.246 e. The summed E-state index contributed by atoms with van der Waals surface area (Å²) >= 11 is 0. The van der Waals surface area contributed by atoms with Gasteiger partial charge in [-0.1, -0.05) is 6.58 Å². The summed E-state index contributed by atoms with van der Waals surface area (Å²) in [6, 6.07) is 7.64. The summed E-state index contributed by atoms with van der Waals surface area (Å²) in [5.74, 6) is 2.26. The summed E-state index contributed by atoms with van der Waals surface area (Å²) in [4.78, 5) is 12.2. The van der Waals surface area contributed by atoms with Crippen molar-refractivity contribution >= 4 is 21.8 Å². The molecule has 1 aliphatic rings. The number of pyridine rings is 1. The number of aromatic nitrogens is 4. The maximum absolute atomic E-state index is 6.11. The highest BCUT2D eigenvalue weighted by Gasteiger charge is 2.17. The van der Waals surface area contributed by atoms with E-state index >= 15 is 0 Å². The van der Waals surface area contributed by atoms with Crippen molar-refractivity contribution in [3.8, 4) is 23.1 Å². The number of rotatable bonds is 8. The fraction of sp³-hybridized carbons (Fsp3) is 0.320. The Labute approximate surface area is 198 Å². The quantitative estimate of drug-likeness (QED) is 0.424. The molecule has 176 valence electrons. The topological polar surface area (TPSA) is 88.6 Å². The van der Waals surface area contributed by atoms with Crippen molar-refractivity contribution in [2.75, 3.05) is 46.4 Å². The van der Waals surface area contributed by atoms with Gasteiger partial charge in [0.25, 0.3) is 0 Å². The van der Waals surface area contributed by atoms with Crippen LogP contribution in [0.15, 0.2) is 55.1 Å². The minimum Gasteiger partial charge on any atom is -0.493 e. The second kappa shape index (κ2) is 9.56. The minimum absolute atomic E-state index is 0.384. The third-order valence-electron chi connectivity index (χ3n) is 6.08. The molecule has 9 nitrogen and oxygen atoms in total. The Kier molecular flexibility index (Phi) is 6.18. The number of nitrogens with zero attached hydrogens (tertiary/aromatic N) is 5. The largest absolute Gasteiger partial charge is 0.493 e. The summed E-state index contributed by atoms with van der Waals surface area (Å²) in [5, 5.41) is 10.9. The lowest BCUT2D eigenvalue weighted by molar-refractivity contribution is 0.137. The van der Waals surface area contributed by atoms with Crippen LogP contribution in [0, 0.1) is 0 Å². The maximum atomic E-state index is 6.11. The number of ether oxygens (including phenoxy) is 3. The number of aromatic amines is 1. The number of benzene rings is 1. The molecule has 0 aliphatic carbocycles. The van der Waals surface area contributed by atoms with E-state index in [2.05, 4.69) is 43.5 Å². The highest BCUT2D eigenvalue weighted by molar-refractivity contribution is 5.89. The zero-order chi connectivity index (χ0) is 23.5. The van der Waals surface area contributed by atoms with Gasteiger partial charge in [0.15, 0.2) is 11.5 Å². The monoisotopic (exact) mass is 460 g/mol. The van der Waals surface area contributed by atoms with Gasteiger partial charge in [-0.15, -0.1) is 5.10 Å². The van der Waals surface area contributed by atoms with E-state index < -0.39 is 0 Å². The highest BCUT2D eigenvalue weighted by atomic mass is 16.5. The van der Waals surface area contributed by atoms with Crippen molar-refractivity contribution in [3.63, 3.8) is 0 Å². The van der Waals surface area contributed by atoms with E-state index in [0.29, 0.717) is 29.7 Å². The standard InChI is InChI=1S/C25H28N6O3/c1-17(2)31-8-6-30(7-9-31)10-11-33-23-13-19-15-28-29-25(21(19)14-22(23)32-3)34-20-12-18-4-5-26-24(18)27-16-20/h4-5,12-16H,1,6-11H2,2-3H3,(H,26,27). The summed E-state index contributed by atoms with van der Waals surface area (Å²) < 4.78 is 17.8. The Balaban J connectivity index is 1.29. The zero-order valence-electron chi connectivity index (χ0n) is 19.5. The Bertz CT molecular complexity index is 1310. The van der Waals surface area contributed by atoms with Gasteiger partial charge in [0, 0.05) is 55.4 Å². The first kappa shape index (κ1) is 22.0. The molecular weight excluding hydrogens is 432 g/mol. The van der Waals surface area contributed by atoms with E-state index in [1.165, 1.54) is 0 Å². The Morgan fingerprint density at radius 1 is 1.09 bits per heavy atom. The summed E-state index contributed by atoms with van der Waals surface area (Å²) in [5.41, 5.74) is 1.93. The number of hydrogen-bond acceptors (Lipinski definition) is 8. The minimum atomic E-state index is 0.384. The number of nitrogens with one attached hydrogen (secondary N) is 1. The van der Waals surface area contributed by atoms with E-state index in [9.17, 15) is 0 Å². The zero-order valence-corrected chi connectivity index (χ0v) is 19.5. The molecule has 3 aromatic heterocycles. The smallest absolute Gasteiger partial charge is 0.246 e. The highest BCUT2D eigenvalue weighted by Crippen LogP contribution is 2.36. The molecule has 0 bridgehead atoms. The number of methoxy groups -OCH3 is 1. The molecule has 0 amide bonds. The first-order chi connectivity index (χ1) is 16.6. The van der Waals surface area contributed by atoms with Crippen LogP contribution in [0.1, 0.15) is 6.92 Å². The van der Waals surface area contributed by atoms with Crippen molar-refractivity contribution in [2.45, 2.75) is 6.92 Å². The Hall–Kier alpha value is -3.85. The van der Waals surface area contributed by atoms with Gasteiger partial charge in [0.1, 0.15) is 18.0 Å². The predicted octanol–water partition coefficient (Wildman–Crippen LogP) is 3.84. The van der Waals surface area contributed by atoms with Crippen LogP contribution in [-0.4, -0.2) is 76.4 Å². The molecule has 1 saturated heterocycles. The van der Waals surface area contributed by atoms with E-state index in [1.807, 2.05) is 30.5 Å². The van der Waals surface area contributed by atoms with Crippen LogP contribution < -0.4 is 14.2 Å². The number of allylic oxidation sites excluding steroid dienone is 1. The van der Waals surface area contributed by atoms with Gasteiger partial charge in [0.05, 0.1) is 24.9 Å². The van der Waals surface area contributed by atoms with Gasteiger partial charge in [-0.3, -0.25) is 4.90 Å². The average Bonchev–Trinajstić information content (AvgIpc) is 3.32. The van der Waals surface area contributed by atoms with Crippen LogP contribution in [0.2, 0.25) is 0 Å². The van der Waals surface area contributed by atoms with Crippen molar-refractivity contribution in [2.24, 2.45) is 0 Å². The fourth-order valence-corrected chi connectivity index (χ4v) is 4.14. The molecule has 0 radical (unpaired) electrons. The molecule has 0 atom stereocenters. The third kappa shape index (κ3) is 4.60. The van der Waals surface area contributed by atoms with Crippen LogP contribution >= 0.6 is 0 Å². The summed E-state index contributed by atoms with van der Waals surface area (Å²) in [7, 11) is 1.63. The number of H-pyrrole nitrogens is 1. The molecule has 1 aliphatic heterocycles. The van der Waals surface area contributed by atoms with E-state index in [-0.39, 0.29) is 0 Å². The average molecular weight is 461 g/mol. The van der Waals surface area contributed by atoms with Gasteiger partial charge in [-0.25, -0.2) is 4.98 Å². The van der Waals surface area contributed by atoms with Gasteiger partial charge >= 0.3 is 0 Å². The Morgan fingerprint density at radius 2 is 1.94 bits per heavy atom. The van der Waals surface area contributed by atoms with Crippen LogP contribution in [0.4, 0.5) is 0 Å². The van der Waals surface area contributed by atoms with Crippen molar-refractivity contribution < 1.29 is 14.2 Å². The van der Waals surface area contributed by atoms with Gasteiger partial charge in [-0.2, -0.15) is 5.10 Å². The van der Waals surface area contributed by atoms with Gasteiger partial charge < -0.3 is 24.1 Å². The number of fused-ring (bicyclic) bond motifs is 2. The molecule has 4 aromatic rings. The lowest BCUT2D eigenvalue weighted by atomic mass is 10.1. The fourth-order valence-electron chi connectivity index (χ4n) is 4.14. The lowest BCUT2D eigenvalue weighted by Crippen LogP contribution is -2.46. The molecule has 0 saturated carbocycles. The van der Waals surface area contributed by atoms with Gasteiger partial charge in [0.2, 0.25) is 5.88 Å². The Morgan fingerprint density at radius 3 is 2.74 bits per heavy atom. The second-order valence-electron chi connectivity index (χ2n) is 8.34. The van der Waals surface area contributed by atoms with E-state index in [4.69, 9.17) is 14.2 Å². The number of hydrogen-bond donors (Lipinski definition) is 1. The molecule has 1 N–H and O–H groups in total. The normalized spacial score (nSPS) is 14.5. The molecule has 0 unspecified atom stereocenters. The van der Waals surface area contributed by atoms with Crippen molar-refractivity contribution in [1.82, 2.24) is 30.0 Å². The molecule has 4 heterocycles. The van der Waals surface area contributed by atoms with Crippen molar-refractivity contribution in [1.29, 1.82) is 0 Å². The molecule has 5 rings (SSSR count). The van der Waals surface area contributed by atoms with E-state index in [1.54, 1.807) is 19.5 Å². The molecule has 0 spiro atoms. The SMILES string of the molecule is C=C(C)N1CCN(CCOc2cc3cnnc(Oc4cnc5[nH]ccc5c4)c3cc2OC)CC1. The third-order valence-corrected chi connectivity index (χ3v) is 6.08. The first-order valence-electron chi connectivity index (χ1n) is 11.3. The van der Waals surface area contributed by atoms with E-state index in [0.717, 1.165) is 60.2 Å². The number of piperazine rings is 1. The second-order valence-corrected chi connectivity index (χ2v) is 8.34. The van der Waals surface area contributed by atoms with Crippen LogP contribution in [0.5, 0.6) is 23.1 Å². The van der Waals surface area contributed by atoms with Crippen LogP contribution in [-0.2, 0) is 0 Å². The van der Waals surface area contributed by atoms with Crippen molar-refractivity contribution in [3.05, 3.63) is 55.1 Å². The summed E-state index contributed by atoms with van der Waals surface area (Å²) in [6.45, 7) is 11.5. The summed E-state index contributed by atoms with van der Waals surface area (Å²) in [6.07, 6.45) is 5.19. The lowest BCUT2D eigenvalue weighted by Gasteiger charge is -2.36. The molecular formula is C25H28N6O3. The molecule has 1 fully saturated rings. The molecule has 9 heteroatoms. The first-order valence-corrected chi connectivity index (χ1v) is 11.3. The van der Waals surface area contributed by atoms with Crippen LogP contribution in [0.3, 0.4) is 0 Å². The van der Waals surface area contributed by atoms with Crippen LogP contribution in [0.25, 0.3) is 21.8 Å². The predicted molar refractivity (Wildman–Crippen MR) is 131 cm³/mol.